The van der Waals surface area contributed by atoms with Crippen molar-refractivity contribution in [2.45, 2.75) is 90.9 Å². The van der Waals surface area contributed by atoms with Gasteiger partial charge in [0.2, 0.25) is 0 Å². The fraction of sp³-hybridized carbons (Fsp3) is 0.293. The van der Waals surface area contributed by atoms with Gasteiger partial charge in [0.05, 0.1) is 48.4 Å². The summed E-state index contributed by atoms with van der Waals surface area (Å²) >= 11 is 0. The average Bonchev–Trinajstić information content (AvgIpc) is 3.38. The standard InChI is InChI=1S/C58H62N2O9/c1-4-6-8-10-12-14-38-65-50-29-21-46(22-30-50)56(61)67-52-33-25-48(26-34-52)59-41-43-16-19-45(20-17-43)58(63)69-55-40-44(18-37-54(55)64-3)42-60-49-27-35-53(36-28-49)68-57(62)47-23-31-51(32-24-47)66-39-15-13-11-9-7-5-2/h16-37,40-42H,4-15,38-39H2,1-3H3. The fourth-order valence-electron chi connectivity index (χ4n) is 7.07. The molecule has 6 aromatic carbocycles. The molecule has 0 bridgehead atoms. The van der Waals surface area contributed by atoms with Crippen molar-refractivity contribution < 1.29 is 42.8 Å². The molecule has 0 N–H and O–H groups in total. The zero-order valence-corrected chi connectivity index (χ0v) is 39.9. The van der Waals surface area contributed by atoms with Gasteiger partial charge in [0.1, 0.15) is 23.0 Å². The maximum atomic E-state index is 13.2. The number of nitrogens with zero attached hydrogens (tertiary/aromatic N) is 2. The Kier molecular flexibility index (Phi) is 20.6. The van der Waals surface area contributed by atoms with E-state index in [4.69, 9.17) is 28.4 Å². The van der Waals surface area contributed by atoms with Gasteiger partial charge in [0.15, 0.2) is 11.5 Å². The lowest BCUT2D eigenvalue weighted by atomic mass is 10.1. The highest BCUT2D eigenvalue weighted by molar-refractivity contribution is 5.94. The second-order valence-corrected chi connectivity index (χ2v) is 16.5. The third kappa shape index (κ3) is 17.3. The van der Waals surface area contributed by atoms with Crippen LogP contribution in [-0.2, 0) is 0 Å². The second kappa shape index (κ2) is 28.0. The van der Waals surface area contributed by atoms with Crippen LogP contribution in [-0.4, -0.2) is 50.7 Å². The third-order valence-corrected chi connectivity index (χ3v) is 11.1. The van der Waals surface area contributed by atoms with E-state index in [1.54, 1.807) is 152 Å². The van der Waals surface area contributed by atoms with Gasteiger partial charge in [-0.2, -0.15) is 0 Å². The van der Waals surface area contributed by atoms with Gasteiger partial charge in [-0.15, -0.1) is 0 Å². The molecule has 0 radical (unpaired) electrons. The van der Waals surface area contributed by atoms with Crippen molar-refractivity contribution in [3.05, 3.63) is 167 Å². The Morgan fingerprint density at radius 3 is 1.23 bits per heavy atom. The van der Waals surface area contributed by atoms with Gasteiger partial charge in [-0.1, -0.05) is 90.2 Å². The van der Waals surface area contributed by atoms with E-state index in [9.17, 15) is 14.4 Å². The largest absolute Gasteiger partial charge is 0.494 e. The number of unbranched alkanes of at least 4 members (excludes halogenated alkanes) is 10. The molecule has 6 rings (SSSR count). The molecule has 0 aromatic heterocycles. The normalized spacial score (nSPS) is 11.1. The third-order valence-electron chi connectivity index (χ3n) is 11.1. The summed E-state index contributed by atoms with van der Waals surface area (Å²) in [6.45, 7) is 5.74. The molecule has 0 heterocycles. The van der Waals surface area contributed by atoms with Crippen LogP contribution in [0.15, 0.2) is 150 Å². The lowest BCUT2D eigenvalue weighted by Crippen LogP contribution is -2.09. The molecule has 6 aromatic rings. The van der Waals surface area contributed by atoms with Gasteiger partial charge in [-0.3, -0.25) is 9.98 Å². The number of rotatable bonds is 27. The fourth-order valence-corrected chi connectivity index (χ4v) is 7.07. The van der Waals surface area contributed by atoms with Crippen molar-refractivity contribution in [2.75, 3.05) is 20.3 Å². The molecule has 0 aliphatic rings. The van der Waals surface area contributed by atoms with E-state index in [0.29, 0.717) is 64.1 Å². The zero-order chi connectivity index (χ0) is 48.5. The van der Waals surface area contributed by atoms with Crippen LogP contribution < -0.4 is 28.4 Å². The van der Waals surface area contributed by atoms with E-state index in [1.807, 2.05) is 0 Å². The molecule has 0 aliphatic carbocycles. The number of hydrogen-bond donors (Lipinski definition) is 0. The van der Waals surface area contributed by atoms with Crippen molar-refractivity contribution in [3.8, 4) is 34.5 Å². The molecule has 0 saturated heterocycles. The van der Waals surface area contributed by atoms with Gasteiger partial charge in [-0.05, 0) is 151 Å². The SMILES string of the molecule is CCCCCCCCOc1ccc(C(=O)Oc2ccc(N=Cc3ccc(C(=O)Oc4cc(C=Nc5ccc(OC(=O)c6ccc(OCCCCCCCC)cc6)cc5)ccc4OC)cc3)cc2)cc1. The van der Waals surface area contributed by atoms with Gasteiger partial charge < -0.3 is 28.4 Å². The van der Waals surface area contributed by atoms with E-state index in [0.717, 1.165) is 42.7 Å². The number of carbonyl (C=O) groups is 3. The predicted molar refractivity (Wildman–Crippen MR) is 272 cm³/mol. The predicted octanol–water partition coefficient (Wildman–Crippen LogP) is 14.3. The lowest BCUT2D eigenvalue weighted by Gasteiger charge is -2.10. The van der Waals surface area contributed by atoms with Crippen LogP contribution in [0.25, 0.3) is 0 Å². The summed E-state index contributed by atoms with van der Waals surface area (Å²) in [5, 5.41) is 0. The number of ether oxygens (including phenoxy) is 6. The summed E-state index contributed by atoms with van der Waals surface area (Å²) in [7, 11) is 1.50. The van der Waals surface area contributed by atoms with Gasteiger partial charge >= 0.3 is 17.9 Å². The minimum Gasteiger partial charge on any atom is -0.494 e. The van der Waals surface area contributed by atoms with Crippen LogP contribution in [0.2, 0.25) is 0 Å². The van der Waals surface area contributed by atoms with E-state index < -0.39 is 17.9 Å². The Morgan fingerprint density at radius 2 is 0.783 bits per heavy atom. The van der Waals surface area contributed by atoms with Crippen molar-refractivity contribution in [2.24, 2.45) is 9.98 Å². The quantitative estimate of drug-likeness (QED) is 0.0214. The van der Waals surface area contributed by atoms with Crippen LogP contribution in [0, 0.1) is 0 Å². The molecule has 69 heavy (non-hydrogen) atoms. The van der Waals surface area contributed by atoms with Crippen LogP contribution in [0.3, 0.4) is 0 Å². The number of carbonyl (C=O) groups excluding carboxylic acids is 3. The molecule has 0 aliphatic heterocycles. The Bertz CT molecular complexity index is 2570. The molecule has 0 saturated carbocycles. The van der Waals surface area contributed by atoms with Gasteiger partial charge in [0.25, 0.3) is 0 Å². The lowest BCUT2D eigenvalue weighted by molar-refractivity contribution is 0.0722. The van der Waals surface area contributed by atoms with Crippen LogP contribution in [0.4, 0.5) is 11.4 Å². The number of benzene rings is 6. The molecule has 11 nitrogen and oxygen atoms in total. The van der Waals surface area contributed by atoms with Crippen LogP contribution in [0.1, 0.15) is 133 Å². The Labute approximate surface area is 406 Å². The first kappa shape index (κ1) is 50.9. The first-order valence-electron chi connectivity index (χ1n) is 24.0. The molecule has 0 amide bonds. The summed E-state index contributed by atoms with van der Waals surface area (Å²) in [5.41, 5.74) is 3.89. The molecular formula is C58H62N2O9. The van der Waals surface area contributed by atoms with Crippen molar-refractivity contribution in [3.63, 3.8) is 0 Å². The number of esters is 3. The number of aliphatic imine (C=N–C) groups is 2. The smallest absolute Gasteiger partial charge is 0.343 e. The summed E-state index contributed by atoms with van der Waals surface area (Å²) in [6.07, 6.45) is 17.7. The topological polar surface area (TPSA) is 131 Å². The van der Waals surface area contributed by atoms with Crippen molar-refractivity contribution >= 4 is 41.7 Å². The van der Waals surface area contributed by atoms with E-state index in [1.165, 1.54) is 58.5 Å². The van der Waals surface area contributed by atoms with Gasteiger partial charge in [0, 0.05) is 12.4 Å². The minimum atomic E-state index is -0.568. The first-order valence-corrected chi connectivity index (χ1v) is 24.0. The zero-order valence-electron chi connectivity index (χ0n) is 39.9. The average molecular weight is 931 g/mol. The molecule has 0 atom stereocenters. The van der Waals surface area contributed by atoms with E-state index in [2.05, 4.69) is 23.8 Å². The Morgan fingerprint density at radius 1 is 0.406 bits per heavy atom. The van der Waals surface area contributed by atoms with Crippen molar-refractivity contribution in [1.29, 1.82) is 0 Å². The summed E-state index contributed by atoms with van der Waals surface area (Å²) in [4.78, 5) is 47.9. The summed E-state index contributed by atoms with van der Waals surface area (Å²) in [6, 6.07) is 39.6. The molecular weight excluding hydrogens is 869 g/mol. The maximum Gasteiger partial charge on any atom is 0.343 e. The Hall–Kier alpha value is -7.53. The Balaban J connectivity index is 0.938. The highest BCUT2D eigenvalue weighted by Gasteiger charge is 2.14. The maximum absolute atomic E-state index is 13.2. The molecule has 0 unspecified atom stereocenters. The first-order chi connectivity index (χ1) is 33.8. The van der Waals surface area contributed by atoms with Crippen LogP contribution in [0.5, 0.6) is 34.5 Å². The van der Waals surface area contributed by atoms with Gasteiger partial charge in [-0.25, -0.2) is 14.4 Å². The summed E-state index contributed by atoms with van der Waals surface area (Å²) in [5.74, 6) is 1.35. The second-order valence-electron chi connectivity index (χ2n) is 16.5. The molecule has 11 heteroatoms. The number of hydrogen-bond acceptors (Lipinski definition) is 11. The highest BCUT2D eigenvalue weighted by Crippen LogP contribution is 2.29. The molecule has 358 valence electrons. The minimum absolute atomic E-state index is 0.229. The number of methoxy groups -OCH3 is 1. The van der Waals surface area contributed by atoms with Crippen molar-refractivity contribution in [1.82, 2.24) is 0 Å². The van der Waals surface area contributed by atoms with E-state index in [-0.39, 0.29) is 5.75 Å². The van der Waals surface area contributed by atoms with Crippen LogP contribution >= 0.6 is 0 Å². The monoisotopic (exact) mass is 930 g/mol. The molecule has 0 spiro atoms. The summed E-state index contributed by atoms with van der Waals surface area (Å²) < 4.78 is 34.0. The highest BCUT2D eigenvalue weighted by atomic mass is 16.6. The molecule has 0 fully saturated rings. The van der Waals surface area contributed by atoms with E-state index >= 15 is 0 Å².